The molecule has 0 aromatic rings. The molecule has 0 aliphatic heterocycles. The Kier molecular flexibility index (Phi) is 5.72. The number of amides is 1. The lowest BCUT2D eigenvalue weighted by Crippen LogP contribution is -2.28. The van der Waals surface area contributed by atoms with Crippen LogP contribution >= 0.6 is 0 Å². The lowest BCUT2D eigenvalue weighted by atomic mass is 10.2. The van der Waals surface area contributed by atoms with E-state index in [1.165, 1.54) is 0 Å². The van der Waals surface area contributed by atoms with E-state index in [1.54, 1.807) is 18.9 Å². The summed E-state index contributed by atoms with van der Waals surface area (Å²) >= 11 is 0. The molecule has 0 heterocycles. The van der Waals surface area contributed by atoms with Gasteiger partial charge in [0, 0.05) is 20.0 Å². The van der Waals surface area contributed by atoms with Crippen LogP contribution in [0.15, 0.2) is 0 Å². The molecule has 0 saturated carbocycles. The SMILES string of the molecule is CCCC(=O)N(C)CCC(C)O. The van der Waals surface area contributed by atoms with Crippen LogP contribution < -0.4 is 0 Å². The van der Waals surface area contributed by atoms with Gasteiger partial charge in [0.15, 0.2) is 0 Å². The van der Waals surface area contributed by atoms with Crippen molar-refractivity contribution in [3.05, 3.63) is 0 Å². The second kappa shape index (κ2) is 6.00. The molecule has 1 atom stereocenters. The van der Waals surface area contributed by atoms with Gasteiger partial charge in [0.05, 0.1) is 6.10 Å². The van der Waals surface area contributed by atoms with Crippen molar-refractivity contribution in [2.24, 2.45) is 0 Å². The number of carbonyl (C=O) groups is 1. The maximum absolute atomic E-state index is 11.2. The Morgan fingerprint density at radius 3 is 2.58 bits per heavy atom. The van der Waals surface area contributed by atoms with Crippen LogP contribution in [0.3, 0.4) is 0 Å². The molecule has 0 aromatic heterocycles. The van der Waals surface area contributed by atoms with Crippen molar-refractivity contribution < 1.29 is 9.90 Å². The number of aliphatic hydroxyl groups excluding tert-OH is 1. The van der Waals surface area contributed by atoms with Gasteiger partial charge in [-0.1, -0.05) is 6.92 Å². The highest BCUT2D eigenvalue weighted by Crippen LogP contribution is 1.98. The number of rotatable bonds is 5. The van der Waals surface area contributed by atoms with E-state index in [4.69, 9.17) is 5.11 Å². The lowest BCUT2D eigenvalue weighted by Gasteiger charge is -2.17. The van der Waals surface area contributed by atoms with Crippen LogP contribution in [0.1, 0.15) is 33.1 Å². The van der Waals surface area contributed by atoms with E-state index in [2.05, 4.69) is 0 Å². The van der Waals surface area contributed by atoms with E-state index in [1.807, 2.05) is 6.92 Å². The summed E-state index contributed by atoms with van der Waals surface area (Å²) in [4.78, 5) is 12.9. The molecule has 0 rings (SSSR count). The summed E-state index contributed by atoms with van der Waals surface area (Å²) in [6.07, 6.45) is 1.84. The van der Waals surface area contributed by atoms with Gasteiger partial charge >= 0.3 is 0 Å². The molecule has 0 bridgehead atoms. The Bertz CT molecular complexity index is 134. The number of aliphatic hydroxyl groups is 1. The summed E-state index contributed by atoms with van der Waals surface area (Å²) in [5.41, 5.74) is 0. The zero-order valence-electron chi connectivity index (χ0n) is 8.21. The fraction of sp³-hybridized carbons (Fsp3) is 0.889. The quantitative estimate of drug-likeness (QED) is 0.674. The van der Waals surface area contributed by atoms with Gasteiger partial charge in [0.25, 0.3) is 0 Å². The maximum Gasteiger partial charge on any atom is 0.222 e. The van der Waals surface area contributed by atoms with Gasteiger partial charge in [-0.25, -0.2) is 0 Å². The Labute approximate surface area is 74.4 Å². The highest BCUT2D eigenvalue weighted by molar-refractivity contribution is 5.75. The minimum absolute atomic E-state index is 0.165. The van der Waals surface area contributed by atoms with Crippen LogP contribution in [0.2, 0.25) is 0 Å². The van der Waals surface area contributed by atoms with Gasteiger partial charge in [0.2, 0.25) is 5.91 Å². The molecule has 12 heavy (non-hydrogen) atoms. The van der Waals surface area contributed by atoms with Crippen molar-refractivity contribution in [1.82, 2.24) is 4.90 Å². The summed E-state index contributed by atoms with van der Waals surface area (Å²) in [6, 6.07) is 0. The van der Waals surface area contributed by atoms with Gasteiger partial charge in [-0.15, -0.1) is 0 Å². The molecule has 72 valence electrons. The predicted molar refractivity (Wildman–Crippen MR) is 48.8 cm³/mol. The minimum Gasteiger partial charge on any atom is -0.393 e. The van der Waals surface area contributed by atoms with E-state index < -0.39 is 0 Å². The summed E-state index contributed by atoms with van der Waals surface area (Å²) in [6.45, 7) is 4.37. The fourth-order valence-corrected chi connectivity index (χ4v) is 0.910. The molecule has 0 aliphatic rings. The average Bonchev–Trinajstić information content (AvgIpc) is 2.00. The molecule has 3 heteroatoms. The number of carbonyl (C=O) groups excluding carboxylic acids is 1. The van der Waals surface area contributed by atoms with E-state index in [0.29, 0.717) is 19.4 Å². The third-order valence-corrected chi connectivity index (χ3v) is 1.77. The summed E-state index contributed by atoms with van der Waals surface area (Å²) in [5.74, 6) is 0.165. The monoisotopic (exact) mass is 173 g/mol. The molecule has 0 saturated heterocycles. The van der Waals surface area contributed by atoms with Crippen LogP contribution in [-0.2, 0) is 4.79 Å². The predicted octanol–water partition coefficient (Wildman–Crippen LogP) is 1.02. The lowest BCUT2D eigenvalue weighted by molar-refractivity contribution is -0.130. The summed E-state index contributed by atoms with van der Waals surface area (Å²) < 4.78 is 0. The van der Waals surface area contributed by atoms with Gasteiger partial charge in [-0.3, -0.25) is 4.79 Å². The Morgan fingerprint density at radius 2 is 2.17 bits per heavy atom. The number of hydrogen-bond donors (Lipinski definition) is 1. The Hall–Kier alpha value is -0.570. The molecule has 0 aromatic carbocycles. The van der Waals surface area contributed by atoms with Crippen molar-refractivity contribution in [3.8, 4) is 0 Å². The third kappa shape index (κ3) is 5.13. The summed E-state index contributed by atoms with van der Waals surface area (Å²) in [5, 5.41) is 8.97. The molecule has 1 N–H and O–H groups in total. The van der Waals surface area contributed by atoms with Crippen LogP contribution in [0.4, 0.5) is 0 Å². The largest absolute Gasteiger partial charge is 0.393 e. The zero-order valence-corrected chi connectivity index (χ0v) is 8.21. The molecule has 1 unspecified atom stereocenters. The zero-order chi connectivity index (χ0) is 9.56. The van der Waals surface area contributed by atoms with Crippen molar-refractivity contribution in [1.29, 1.82) is 0 Å². The second-order valence-corrected chi connectivity index (χ2v) is 3.20. The van der Waals surface area contributed by atoms with E-state index in [9.17, 15) is 4.79 Å². The van der Waals surface area contributed by atoms with Crippen molar-refractivity contribution in [3.63, 3.8) is 0 Å². The molecule has 0 spiro atoms. The third-order valence-electron chi connectivity index (χ3n) is 1.77. The van der Waals surface area contributed by atoms with E-state index >= 15 is 0 Å². The van der Waals surface area contributed by atoms with Gasteiger partial charge in [0.1, 0.15) is 0 Å². The first kappa shape index (κ1) is 11.4. The number of hydrogen-bond acceptors (Lipinski definition) is 2. The molecule has 0 fully saturated rings. The molecular formula is C9H19NO2. The first-order valence-corrected chi connectivity index (χ1v) is 4.50. The second-order valence-electron chi connectivity index (χ2n) is 3.20. The van der Waals surface area contributed by atoms with Crippen molar-refractivity contribution in [2.75, 3.05) is 13.6 Å². The molecular weight excluding hydrogens is 154 g/mol. The summed E-state index contributed by atoms with van der Waals surface area (Å²) in [7, 11) is 1.78. The standard InChI is InChI=1S/C9H19NO2/c1-4-5-9(12)10(3)7-6-8(2)11/h8,11H,4-7H2,1-3H3. The first-order chi connectivity index (χ1) is 5.57. The first-order valence-electron chi connectivity index (χ1n) is 4.50. The van der Waals surface area contributed by atoms with Crippen LogP contribution in [0, 0.1) is 0 Å². The normalized spacial score (nSPS) is 12.7. The van der Waals surface area contributed by atoms with Gasteiger partial charge in [-0.2, -0.15) is 0 Å². The van der Waals surface area contributed by atoms with Gasteiger partial charge < -0.3 is 10.0 Å². The van der Waals surface area contributed by atoms with Crippen LogP contribution in [0.5, 0.6) is 0 Å². The van der Waals surface area contributed by atoms with Crippen LogP contribution in [0.25, 0.3) is 0 Å². The van der Waals surface area contributed by atoms with E-state index in [-0.39, 0.29) is 12.0 Å². The van der Waals surface area contributed by atoms with Crippen molar-refractivity contribution >= 4 is 5.91 Å². The maximum atomic E-state index is 11.2. The Morgan fingerprint density at radius 1 is 1.58 bits per heavy atom. The molecule has 1 amide bonds. The Balaban J connectivity index is 3.56. The highest BCUT2D eigenvalue weighted by Gasteiger charge is 2.07. The van der Waals surface area contributed by atoms with Crippen molar-refractivity contribution in [2.45, 2.75) is 39.2 Å². The number of nitrogens with zero attached hydrogens (tertiary/aromatic N) is 1. The average molecular weight is 173 g/mol. The minimum atomic E-state index is -0.318. The topological polar surface area (TPSA) is 40.5 Å². The fourth-order valence-electron chi connectivity index (χ4n) is 0.910. The molecule has 0 aliphatic carbocycles. The van der Waals surface area contributed by atoms with E-state index in [0.717, 1.165) is 6.42 Å². The molecule has 3 nitrogen and oxygen atoms in total. The van der Waals surface area contributed by atoms with Crippen LogP contribution in [-0.4, -0.2) is 35.6 Å². The van der Waals surface area contributed by atoms with Gasteiger partial charge in [-0.05, 0) is 19.8 Å². The molecule has 0 radical (unpaired) electrons. The smallest absolute Gasteiger partial charge is 0.222 e. The highest BCUT2D eigenvalue weighted by atomic mass is 16.3.